The molecule has 4 aliphatic rings. The van der Waals surface area contributed by atoms with Crippen molar-refractivity contribution in [3.05, 3.63) is 0 Å². The molecule has 5 heteroatoms. The number of hydrogen-bond donors (Lipinski definition) is 5. The van der Waals surface area contributed by atoms with Crippen LogP contribution in [0.5, 0.6) is 0 Å². The number of aliphatic hydroxyl groups is 5. The van der Waals surface area contributed by atoms with Crippen LogP contribution < -0.4 is 0 Å². The SMILES string of the molecule is C[C@@H](CCCC(CO)CO)[C@H]1CC[C@@H]2[C@@H]3[C@H](O)C[C@H]4C[C@H](O)CC[C@]4(C)[C@H]3C[C@H](O)[C@@]21C. The van der Waals surface area contributed by atoms with E-state index in [-0.39, 0.29) is 54.2 Å². The second kappa shape index (κ2) is 9.45. The Bertz CT molecular complexity index is 638. The summed E-state index contributed by atoms with van der Waals surface area (Å²) >= 11 is 0. The number of aliphatic hydroxyl groups excluding tert-OH is 5. The third kappa shape index (κ3) is 3.98. The summed E-state index contributed by atoms with van der Waals surface area (Å²) in [6.07, 6.45) is 8.51. The fourth-order valence-corrected chi connectivity index (χ4v) is 9.30. The van der Waals surface area contributed by atoms with Gasteiger partial charge in [0.1, 0.15) is 0 Å². The molecule has 4 aliphatic carbocycles. The van der Waals surface area contributed by atoms with Gasteiger partial charge >= 0.3 is 0 Å². The van der Waals surface area contributed by atoms with Crippen molar-refractivity contribution in [2.75, 3.05) is 13.2 Å². The Hall–Kier alpha value is -0.200. The maximum Gasteiger partial charge on any atom is 0.0602 e. The van der Waals surface area contributed by atoms with Gasteiger partial charge in [-0.1, -0.05) is 33.6 Å². The molecule has 0 aromatic carbocycles. The Kier molecular flexibility index (Phi) is 7.36. The molecule has 0 heterocycles. The molecule has 4 saturated carbocycles. The highest BCUT2D eigenvalue weighted by Crippen LogP contribution is 2.68. The van der Waals surface area contributed by atoms with E-state index in [1.54, 1.807) is 0 Å². The fourth-order valence-electron chi connectivity index (χ4n) is 9.30. The van der Waals surface area contributed by atoms with E-state index in [0.29, 0.717) is 29.6 Å². The number of rotatable bonds is 7. The maximum absolute atomic E-state index is 11.6. The number of fused-ring (bicyclic) bond motifs is 5. The standard InChI is InChI=1S/C27H48O5/c1-16(5-4-6-17(14-28)15-29)20-7-8-21-25-22(13-24(32)27(20,21)3)26(2)10-9-19(30)11-18(26)12-23(25)31/h16-25,28-32H,4-15H2,1-3H3/t16-,18+,19+,20+,21+,22-,23+,24-,25-,26-,27+/m0/s1. The van der Waals surface area contributed by atoms with Crippen molar-refractivity contribution < 1.29 is 25.5 Å². The first-order valence-corrected chi connectivity index (χ1v) is 13.4. The molecular formula is C27H48O5. The first-order valence-electron chi connectivity index (χ1n) is 13.4. The summed E-state index contributed by atoms with van der Waals surface area (Å²) in [4.78, 5) is 0. The highest BCUT2D eigenvalue weighted by molar-refractivity contribution is 5.14. The molecule has 0 radical (unpaired) electrons. The molecule has 0 aromatic heterocycles. The van der Waals surface area contributed by atoms with E-state index in [0.717, 1.165) is 64.2 Å². The van der Waals surface area contributed by atoms with Gasteiger partial charge in [-0.3, -0.25) is 0 Å². The van der Waals surface area contributed by atoms with E-state index in [2.05, 4.69) is 20.8 Å². The van der Waals surface area contributed by atoms with Gasteiger partial charge in [0.05, 0.1) is 18.3 Å². The molecule has 0 aromatic rings. The van der Waals surface area contributed by atoms with Crippen LogP contribution in [0.1, 0.15) is 85.0 Å². The molecule has 32 heavy (non-hydrogen) atoms. The van der Waals surface area contributed by atoms with Gasteiger partial charge in [-0.2, -0.15) is 0 Å². The first kappa shape index (κ1) is 24.9. The van der Waals surface area contributed by atoms with Crippen LogP contribution >= 0.6 is 0 Å². The van der Waals surface area contributed by atoms with Crippen LogP contribution in [0.2, 0.25) is 0 Å². The smallest absolute Gasteiger partial charge is 0.0602 e. The molecule has 0 saturated heterocycles. The average Bonchev–Trinajstić information content (AvgIpc) is 3.12. The van der Waals surface area contributed by atoms with E-state index in [1.165, 1.54) is 0 Å². The second-order valence-corrected chi connectivity index (χ2v) is 12.7. The second-order valence-electron chi connectivity index (χ2n) is 12.7. The van der Waals surface area contributed by atoms with Gasteiger partial charge in [0.15, 0.2) is 0 Å². The zero-order valence-electron chi connectivity index (χ0n) is 20.5. The molecule has 0 unspecified atom stereocenters. The van der Waals surface area contributed by atoms with Gasteiger partial charge in [0, 0.05) is 19.1 Å². The lowest BCUT2D eigenvalue weighted by Crippen LogP contribution is -2.62. The molecule has 5 nitrogen and oxygen atoms in total. The van der Waals surface area contributed by atoms with Crippen molar-refractivity contribution in [3.63, 3.8) is 0 Å². The van der Waals surface area contributed by atoms with Gasteiger partial charge in [-0.15, -0.1) is 0 Å². The molecule has 11 atom stereocenters. The quantitative estimate of drug-likeness (QED) is 0.408. The summed E-state index contributed by atoms with van der Waals surface area (Å²) in [7, 11) is 0. The maximum atomic E-state index is 11.6. The van der Waals surface area contributed by atoms with E-state index < -0.39 is 0 Å². The molecule has 0 aliphatic heterocycles. The first-order chi connectivity index (χ1) is 15.2. The predicted molar refractivity (Wildman–Crippen MR) is 125 cm³/mol. The van der Waals surface area contributed by atoms with Gasteiger partial charge < -0.3 is 25.5 Å². The third-order valence-electron chi connectivity index (χ3n) is 11.3. The van der Waals surface area contributed by atoms with E-state index in [4.69, 9.17) is 0 Å². The Morgan fingerprint density at radius 3 is 2.28 bits per heavy atom. The van der Waals surface area contributed by atoms with Gasteiger partial charge in [0.2, 0.25) is 0 Å². The van der Waals surface area contributed by atoms with Crippen LogP contribution in [-0.4, -0.2) is 57.1 Å². The summed E-state index contributed by atoms with van der Waals surface area (Å²) in [5, 5.41) is 52.0. The van der Waals surface area contributed by atoms with Crippen LogP contribution in [0.4, 0.5) is 0 Å². The zero-order chi connectivity index (χ0) is 23.3. The lowest BCUT2D eigenvalue weighted by Gasteiger charge is -2.63. The van der Waals surface area contributed by atoms with Crippen LogP contribution in [0.3, 0.4) is 0 Å². The van der Waals surface area contributed by atoms with Crippen LogP contribution in [-0.2, 0) is 0 Å². The Morgan fingerprint density at radius 2 is 1.59 bits per heavy atom. The predicted octanol–water partition coefficient (Wildman–Crippen LogP) is 3.36. The molecule has 4 rings (SSSR count). The third-order valence-corrected chi connectivity index (χ3v) is 11.3. The molecular weight excluding hydrogens is 404 g/mol. The van der Waals surface area contributed by atoms with Crippen molar-refractivity contribution >= 4 is 0 Å². The highest BCUT2D eigenvalue weighted by Gasteiger charge is 2.65. The molecule has 4 fully saturated rings. The van der Waals surface area contributed by atoms with Gasteiger partial charge in [0.25, 0.3) is 0 Å². The van der Waals surface area contributed by atoms with Gasteiger partial charge in [-0.05, 0) is 97.7 Å². The van der Waals surface area contributed by atoms with Crippen LogP contribution in [0.15, 0.2) is 0 Å². The minimum absolute atomic E-state index is 0.0183. The Labute approximate surface area is 194 Å². The number of hydrogen-bond acceptors (Lipinski definition) is 5. The molecule has 186 valence electrons. The lowest BCUT2D eigenvalue weighted by atomic mass is 9.43. The topological polar surface area (TPSA) is 101 Å². The summed E-state index contributed by atoms with van der Waals surface area (Å²) in [5.41, 5.74) is -0.0228. The van der Waals surface area contributed by atoms with Crippen molar-refractivity contribution in [2.45, 2.75) is 103 Å². The molecule has 0 amide bonds. The monoisotopic (exact) mass is 452 g/mol. The van der Waals surface area contributed by atoms with Crippen LogP contribution in [0.25, 0.3) is 0 Å². The van der Waals surface area contributed by atoms with E-state index in [9.17, 15) is 25.5 Å². The Balaban J connectivity index is 1.50. The van der Waals surface area contributed by atoms with Crippen molar-refractivity contribution in [3.8, 4) is 0 Å². The van der Waals surface area contributed by atoms with Gasteiger partial charge in [-0.25, -0.2) is 0 Å². The highest BCUT2D eigenvalue weighted by atomic mass is 16.3. The zero-order valence-corrected chi connectivity index (χ0v) is 20.5. The van der Waals surface area contributed by atoms with Crippen molar-refractivity contribution in [2.24, 2.45) is 52.3 Å². The van der Waals surface area contributed by atoms with Crippen molar-refractivity contribution in [1.82, 2.24) is 0 Å². The lowest BCUT2D eigenvalue weighted by molar-refractivity contribution is -0.207. The summed E-state index contributed by atoms with van der Waals surface area (Å²) < 4.78 is 0. The minimum atomic E-state index is -0.332. The summed E-state index contributed by atoms with van der Waals surface area (Å²) in [6, 6.07) is 0. The molecule has 0 bridgehead atoms. The van der Waals surface area contributed by atoms with E-state index in [1.807, 2.05) is 0 Å². The normalized spacial score (nSPS) is 49.4. The largest absolute Gasteiger partial charge is 0.396 e. The summed E-state index contributed by atoms with van der Waals surface area (Å²) in [6.45, 7) is 7.11. The summed E-state index contributed by atoms with van der Waals surface area (Å²) in [5.74, 6) is 2.27. The van der Waals surface area contributed by atoms with Crippen LogP contribution in [0, 0.1) is 52.3 Å². The molecule has 0 spiro atoms. The fraction of sp³-hybridized carbons (Fsp3) is 1.00. The van der Waals surface area contributed by atoms with E-state index >= 15 is 0 Å². The average molecular weight is 453 g/mol. The Morgan fingerprint density at radius 1 is 0.875 bits per heavy atom. The van der Waals surface area contributed by atoms with Crippen molar-refractivity contribution in [1.29, 1.82) is 0 Å². The molecule has 5 N–H and O–H groups in total. The minimum Gasteiger partial charge on any atom is -0.396 e.